The van der Waals surface area contributed by atoms with Crippen molar-refractivity contribution >= 4 is 22.0 Å². The van der Waals surface area contributed by atoms with E-state index in [1.807, 2.05) is 0 Å². The van der Waals surface area contributed by atoms with Crippen LogP contribution in [0.25, 0.3) is 0 Å². The van der Waals surface area contributed by atoms with Crippen molar-refractivity contribution in [2.24, 2.45) is 0 Å². The zero-order valence-corrected chi connectivity index (χ0v) is 15.9. The number of carbonyl (C=O) groups is 2. The van der Waals surface area contributed by atoms with Crippen LogP contribution in [0.2, 0.25) is 0 Å². The molecule has 0 saturated heterocycles. The predicted molar refractivity (Wildman–Crippen MR) is 78.6 cm³/mol. The van der Waals surface area contributed by atoms with E-state index < -0.39 is 70.4 Å². The highest BCUT2D eigenvalue weighted by atomic mass is 32.2. The molecule has 0 fully saturated rings. The van der Waals surface area contributed by atoms with E-state index in [4.69, 9.17) is 0 Å². The Morgan fingerprint density at radius 3 is 1.87 bits per heavy atom. The highest BCUT2D eigenvalue weighted by Crippen LogP contribution is 2.42. The molecule has 1 amide bonds. The molecule has 1 atom stereocenters. The van der Waals surface area contributed by atoms with Crippen LogP contribution in [-0.2, 0) is 29.2 Å². The van der Waals surface area contributed by atoms with Crippen LogP contribution in [0.15, 0.2) is 12.4 Å². The third-order valence-electron chi connectivity index (χ3n) is 3.20. The first kappa shape index (κ1) is 28.0. The number of alkyl halides is 7. The lowest BCUT2D eigenvalue weighted by atomic mass is 10.2. The fourth-order valence-corrected chi connectivity index (χ4v) is 2.18. The van der Waals surface area contributed by atoms with Crippen LogP contribution in [0.4, 0.5) is 35.1 Å². The summed E-state index contributed by atoms with van der Waals surface area (Å²) < 4.78 is 144. The van der Waals surface area contributed by atoms with Crippen LogP contribution in [0.1, 0.15) is 12.8 Å². The predicted octanol–water partition coefficient (Wildman–Crippen LogP) is 1.93. The number of rotatable bonds is 10. The summed E-state index contributed by atoms with van der Waals surface area (Å²) >= 11 is 0. The van der Waals surface area contributed by atoms with Gasteiger partial charge in [-0.3, -0.25) is 4.79 Å². The molecule has 0 saturated carbocycles. The van der Waals surface area contributed by atoms with Gasteiger partial charge in [0.05, 0.1) is 6.61 Å². The van der Waals surface area contributed by atoms with Gasteiger partial charge in [0.15, 0.2) is 10.1 Å². The summed E-state index contributed by atoms with van der Waals surface area (Å²) in [6.07, 6.45) is -9.58. The van der Waals surface area contributed by atoms with Gasteiger partial charge >= 0.3 is 35.0 Å². The molecular formula is C13H14F8NO7S-. The second kappa shape index (κ2) is 9.01. The van der Waals surface area contributed by atoms with Crippen molar-refractivity contribution in [2.75, 3.05) is 20.7 Å². The lowest BCUT2D eigenvalue weighted by Gasteiger charge is -2.35. The van der Waals surface area contributed by atoms with Gasteiger partial charge < -0.3 is 18.9 Å². The van der Waals surface area contributed by atoms with Gasteiger partial charge in [-0.15, -0.1) is 0 Å². The van der Waals surface area contributed by atoms with Crippen molar-refractivity contribution in [1.82, 2.24) is 4.90 Å². The van der Waals surface area contributed by atoms with E-state index in [-0.39, 0.29) is 4.90 Å². The van der Waals surface area contributed by atoms with Gasteiger partial charge in [-0.05, 0) is 6.42 Å². The molecule has 0 aliphatic heterocycles. The molecule has 0 aromatic rings. The Balaban J connectivity index is 5.73. The molecule has 0 rings (SSSR count). The average molecular weight is 480 g/mol. The van der Waals surface area contributed by atoms with E-state index in [1.54, 1.807) is 0 Å². The number of ether oxygens (including phenoxy) is 2. The first-order valence-corrected chi connectivity index (χ1v) is 8.76. The summed E-state index contributed by atoms with van der Waals surface area (Å²) in [5.74, 6) is -16.7. The standard InChI is InChI=1S/C13H15F8NO7S/c1-7(14)8(23)29-11(12(17,18)19,9(24)22(2)3)28-6-4-5-10(15,16)13(20,21)30(25,26)27/h1,4-6H2,2-3H3,(H,25,26,27)/p-1. The van der Waals surface area contributed by atoms with E-state index in [0.717, 1.165) is 14.1 Å². The number of nitrogens with zero attached hydrogens (tertiary/aromatic N) is 1. The Kier molecular flexibility index (Phi) is 8.40. The fraction of sp³-hybridized carbons (Fsp3) is 0.692. The molecule has 0 N–H and O–H groups in total. The van der Waals surface area contributed by atoms with Crippen molar-refractivity contribution < 1.29 is 67.2 Å². The molecule has 0 aliphatic rings. The van der Waals surface area contributed by atoms with Gasteiger partial charge in [0, 0.05) is 20.5 Å². The maximum atomic E-state index is 13.4. The van der Waals surface area contributed by atoms with Crippen LogP contribution in [-0.4, -0.2) is 73.6 Å². The number of esters is 1. The van der Waals surface area contributed by atoms with Gasteiger partial charge in [-0.1, -0.05) is 6.58 Å². The molecule has 0 aliphatic carbocycles. The summed E-state index contributed by atoms with van der Waals surface area (Å²) in [5.41, 5.74) is 0. The smallest absolute Gasteiger partial charge is 0.466 e. The molecule has 30 heavy (non-hydrogen) atoms. The summed E-state index contributed by atoms with van der Waals surface area (Å²) in [4.78, 5) is 23.3. The Morgan fingerprint density at radius 1 is 1.07 bits per heavy atom. The third-order valence-corrected chi connectivity index (χ3v) is 4.13. The average Bonchev–Trinajstić information content (AvgIpc) is 2.54. The van der Waals surface area contributed by atoms with Gasteiger partial charge in [0.2, 0.25) is 5.83 Å². The molecule has 0 radical (unpaired) electrons. The third kappa shape index (κ3) is 5.78. The summed E-state index contributed by atoms with van der Waals surface area (Å²) in [7, 11) is -5.39. The largest absolute Gasteiger partial charge is 0.743 e. The van der Waals surface area contributed by atoms with E-state index >= 15 is 0 Å². The van der Waals surface area contributed by atoms with Crippen molar-refractivity contribution in [3.8, 4) is 0 Å². The minimum absolute atomic E-state index is 0.175. The number of amides is 1. The molecule has 0 bridgehead atoms. The minimum Gasteiger partial charge on any atom is -0.743 e. The first-order valence-electron chi connectivity index (χ1n) is 7.35. The molecule has 0 aromatic carbocycles. The second-order valence-corrected chi connectivity index (χ2v) is 7.16. The zero-order chi connectivity index (χ0) is 24.3. The number of hydrogen-bond donors (Lipinski definition) is 0. The number of likely N-dealkylation sites (N-methyl/N-ethyl adjacent to an activating group) is 1. The fourth-order valence-electron chi connectivity index (χ4n) is 1.71. The molecule has 17 heteroatoms. The van der Waals surface area contributed by atoms with Gasteiger partial charge in [-0.25, -0.2) is 13.2 Å². The molecule has 0 heterocycles. The van der Waals surface area contributed by atoms with Crippen LogP contribution in [0.5, 0.6) is 0 Å². The lowest BCUT2D eigenvalue weighted by Crippen LogP contribution is -2.61. The Morgan fingerprint density at radius 2 is 1.53 bits per heavy atom. The highest BCUT2D eigenvalue weighted by Gasteiger charge is 2.67. The van der Waals surface area contributed by atoms with Crippen molar-refractivity contribution in [2.45, 2.75) is 36.0 Å². The molecule has 8 nitrogen and oxygen atoms in total. The highest BCUT2D eigenvalue weighted by molar-refractivity contribution is 7.86. The van der Waals surface area contributed by atoms with Crippen molar-refractivity contribution in [3.63, 3.8) is 0 Å². The number of hydrogen-bond acceptors (Lipinski definition) is 7. The number of carbonyl (C=O) groups excluding carboxylic acids is 2. The molecule has 1 unspecified atom stereocenters. The Bertz CT molecular complexity index is 781. The van der Waals surface area contributed by atoms with E-state index in [9.17, 15) is 57.7 Å². The number of halogens is 8. The Hall–Kier alpha value is -2.01. The molecule has 176 valence electrons. The van der Waals surface area contributed by atoms with Crippen LogP contribution in [0.3, 0.4) is 0 Å². The summed E-state index contributed by atoms with van der Waals surface area (Å²) in [5, 5.41) is -6.10. The maximum absolute atomic E-state index is 13.4. The second-order valence-electron chi connectivity index (χ2n) is 5.74. The van der Waals surface area contributed by atoms with Gasteiger partial charge in [0.25, 0.3) is 0 Å². The van der Waals surface area contributed by atoms with E-state index in [0.29, 0.717) is 0 Å². The molecule has 0 aromatic heterocycles. The lowest BCUT2D eigenvalue weighted by molar-refractivity contribution is -0.350. The van der Waals surface area contributed by atoms with Crippen LogP contribution < -0.4 is 0 Å². The van der Waals surface area contributed by atoms with Gasteiger partial charge in [-0.2, -0.15) is 35.1 Å². The normalized spacial score (nSPS) is 15.3. The first-order chi connectivity index (χ1) is 13.1. The van der Waals surface area contributed by atoms with E-state index in [2.05, 4.69) is 16.1 Å². The van der Waals surface area contributed by atoms with Gasteiger partial charge in [0.1, 0.15) is 0 Å². The monoisotopic (exact) mass is 480 g/mol. The van der Waals surface area contributed by atoms with Crippen LogP contribution >= 0.6 is 0 Å². The zero-order valence-electron chi connectivity index (χ0n) is 15.1. The topological polar surface area (TPSA) is 113 Å². The van der Waals surface area contributed by atoms with Crippen LogP contribution in [0, 0.1) is 0 Å². The summed E-state index contributed by atoms with van der Waals surface area (Å²) in [6.45, 7) is 0.703. The molecular weight excluding hydrogens is 466 g/mol. The van der Waals surface area contributed by atoms with Crippen molar-refractivity contribution in [3.05, 3.63) is 12.4 Å². The molecule has 0 spiro atoms. The quantitative estimate of drug-likeness (QED) is 0.117. The SMILES string of the molecule is C=C(F)C(=O)OC(OCCCC(F)(F)C(F)(F)S(=O)(=O)[O-])(C(=O)N(C)C)C(F)(F)F. The maximum Gasteiger partial charge on any atom is 0.466 e. The van der Waals surface area contributed by atoms with Crippen molar-refractivity contribution in [1.29, 1.82) is 0 Å². The Labute approximate surface area is 164 Å². The van der Waals surface area contributed by atoms with E-state index in [1.165, 1.54) is 0 Å². The summed E-state index contributed by atoms with van der Waals surface area (Å²) in [6, 6.07) is 0. The minimum atomic E-state index is -6.83.